The summed E-state index contributed by atoms with van der Waals surface area (Å²) >= 11 is 5.84. The van der Waals surface area contributed by atoms with E-state index >= 15 is 0 Å². The van der Waals surface area contributed by atoms with Gasteiger partial charge in [0.05, 0.1) is 7.11 Å². The van der Waals surface area contributed by atoms with Gasteiger partial charge in [-0.3, -0.25) is 0 Å². The van der Waals surface area contributed by atoms with Crippen molar-refractivity contribution in [1.82, 2.24) is 0 Å². The van der Waals surface area contributed by atoms with Gasteiger partial charge in [0.15, 0.2) is 6.10 Å². The summed E-state index contributed by atoms with van der Waals surface area (Å²) in [6.45, 7) is 0.314. The number of carbonyl (C=O) groups excluding carboxylic acids is 1. The second-order valence-electron chi connectivity index (χ2n) is 4.58. The van der Waals surface area contributed by atoms with Crippen LogP contribution in [0.3, 0.4) is 0 Å². The van der Waals surface area contributed by atoms with E-state index in [4.69, 9.17) is 25.8 Å². The molecule has 0 N–H and O–H groups in total. The minimum Gasteiger partial charge on any atom is -0.489 e. The lowest BCUT2D eigenvalue weighted by Crippen LogP contribution is -2.18. The lowest BCUT2D eigenvalue weighted by molar-refractivity contribution is -0.152. The highest BCUT2D eigenvalue weighted by molar-refractivity contribution is 6.30. The van der Waals surface area contributed by atoms with Crippen LogP contribution in [-0.2, 0) is 20.9 Å². The van der Waals surface area contributed by atoms with E-state index in [0.29, 0.717) is 17.4 Å². The fourth-order valence-electron chi connectivity index (χ4n) is 2.07. The third-order valence-corrected chi connectivity index (χ3v) is 3.45. The summed E-state index contributed by atoms with van der Waals surface area (Å²) in [5.74, 6) is 0.257. The van der Waals surface area contributed by atoms with Gasteiger partial charge in [-0.15, -0.1) is 0 Å². The van der Waals surface area contributed by atoms with Crippen molar-refractivity contribution in [3.63, 3.8) is 0 Å². The summed E-state index contributed by atoms with van der Waals surface area (Å²) in [4.78, 5) is 11.8. The van der Waals surface area contributed by atoms with Gasteiger partial charge in [0.25, 0.3) is 0 Å². The van der Waals surface area contributed by atoms with Crippen LogP contribution in [0.25, 0.3) is 0 Å². The average Bonchev–Trinajstić information content (AvgIpc) is 2.56. The molecule has 116 valence electrons. The molecule has 0 radical (unpaired) electrons. The molecule has 0 aliphatic rings. The van der Waals surface area contributed by atoms with Crippen molar-refractivity contribution >= 4 is 17.6 Å². The maximum Gasteiger partial charge on any atom is 0.339 e. The number of ether oxygens (including phenoxy) is 3. The molecule has 0 heterocycles. The van der Waals surface area contributed by atoms with Crippen molar-refractivity contribution < 1.29 is 19.0 Å². The van der Waals surface area contributed by atoms with Gasteiger partial charge in [0.1, 0.15) is 12.4 Å². The highest BCUT2D eigenvalue weighted by Crippen LogP contribution is 2.24. The predicted molar refractivity (Wildman–Crippen MR) is 84.0 cm³/mol. The molecule has 5 heteroatoms. The molecule has 2 aromatic rings. The van der Waals surface area contributed by atoms with E-state index in [-0.39, 0.29) is 0 Å². The largest absolute Gasteiger partial charge is 0.489 e. The summed E-state index contributed by atoms with van der Waals surface area (Å²) in [7, 11) is 2.81. The van der Waals surface area contributed by atoms with E-state index in [1.165, 1.54) is 14.2 Å². The molecule has 22 heavy (non-hydrogen) atoms. The van der Waals surface area contributed by atoms with E-state index in [9.17, 15) is 4.79 Å². The third-order valence-electron chi connectivity index (χ3n) is 3.20. The van der Waals surface area contributed by atoms with Crippen LogP contribution in [-0.4, -0.2) is 20.2 Å². The first-order valence-electron chi connectivity index (χ1n) is 6.72. The summed E-state index contributed by atoms with van der Waals surface area (Å²) in [6.07, 6.45) is -0.769. The summed E-state index contributed by atoms with van der Waals surface area (Å²) < 4.78 is 15.7. The van der Waals surface area contributed by atoms with Crippen molar-refractivity contribution in [3.8, 4) is 5.75 Å². The number of benzene rings is 2. The molecular formula is C17H17ClO4. The molecule has 0 amide bonds. The second kappa shape index (κ2) is 7.82. The molecule has 0 aliphatic carbocycles. The smallest absolute Gasteiger partial charge is 0.339 e. The fourth-order valence-corrected chi connectivity index (χ4v) is 2.20. The summed E-state index contributed by atoms with van der Waals surface area (Å²) in [6, 6.07) is 14.5. The zero-order valence-corrected chi connectivity index (χ0v) is 13.2. The quantitative estimate of drug-likeness (QED) is 0.760. The molecule has 2 aromatic carbocycles. The van der Waals surface area contributed by atoms with Crippen molar-refractivity contribution in [2.45, 2.75) is 12.7 Å². The van der Waals surface area contributed by atoms with Gasteiger partial charge in [-0.25, -0.2) is 4.79 Å². The molecule has 0 saturated carbocycles. The van der Waals surface area contributed by atoms with Gasteiger partial charge in [0.2, 0.25) is 0 Å². The minimum atomic E-state index is -0.769. The number of carbonyl (C=O) groups is 1. The lowest BCUT2D eigenvalue weighted by atomic mass is 10.0. The molecule has 0 spiro atoms. The number of methoxy groups -OCH3 is 2. The SMILES string of the molecule is COC(=O)C(OC)c1ccccc1COc1ccc(Cl)cc1. The summed E-state index contributed by atoms with van der Waals surface area (Å²) in [5, 5.41) is 0.651. The normalized spacial score (nSPS) is 11.8. The zero-order chi connectivity index (χ0) is 15.9. The zero-order valence-electron chi connectivity index (χ0n) is 12.4. The highest BCUT2D eigenvalue weighted by atomic mass is 35.5. The topological polar surface area (TPSA) is 44.8 Å². The van der Waals surface area contributed by atoms with Gasteiger partial charge in [-0.05, 0) is 35.4 Å². The molecule has 0 saturated heterocycles. The Kier molecular flexibility index (Phi) is 5.81. The molecule has 0 aliphatic heterocycles. The van der Waals surface area contributed by atoms with Gasteiger partial charge in [0, 0.05) is 12.1 Å². The van der Waals surface area contributed by atoms with Crippen LogP contribution in [0.2, 0.25) is 5.02 Å². The van der Waals surface area contributed by atoms with Gasteiger partial charge in [-0.2, -0.15) is 0 Å². The van der Waals surface area contributed by atoms with E-state index < -0.39 is 12.1 Å². The van der Waals surface area contributed by atoms with E-state index in [1.807, 2.05) is 24.3 Å². The molecule has 0 fully saturated rings. The van der Waals surface area contributed by atoms with Crippen LogP contribution in [0.15, 0.2) is 48.5 Å². The maximum atomic E-state index is 11.8. The van der Waals surface area contributed by atoms with Gasteiger partial charge in [-0.1, -0.05) is 35.9 Å². The molecule has 1 atom stereocenters. The monoisotopic (exact) mass is 320 g/mol. The molecule has 4 nitrogen and oxygen atoms in total. The molecule has 0 aromatic heterocycles. The third kappa shape index (κ3) is 4.00. The van der Waals surface area contributed by atoms with Crippen LogP contribution >= 0.6 is 11.6 Å². The van der Waals surface area contributed by atoms with Crippen molar-refractivity contribution in [2.24, 2.45) is 0 Å². The molecule has 1 unspecified atom stereocenters. The van der Waals surface area contributed by atoms with Crippen LogP contribution in [0.5, 0.6) is 5.75 Å². The first-order chi connectivity index (χ1) is 10.7. The van der Waals surface area contributed by atoms with E-state index in [0.717, 1.165) is 11.1 Å². The Balaban J connectivity index is 2.17. The van der Waals surface area contributed by atoms with Crippen LogP contribution < -0.4 is 4.74 Å². The minimum absolute atomic E-state index is 0.314. The Morgan fingerprint density at radius 1 is 1.09 bits per heavy atom. The Morgan fingerprint density at radius 2 is 1.77 bits per heavy atom. The van der Waals surface area contributed by atoms with Gasteiger partial charge < -0.3 is 14.2 Å². The first kappa shape index (κ1) is 16.3. The number of esters is 1. The van der Waals surface area contributed by atoms with E-state index in [2.05, 4.69) is 0 Å². The van der Waals surface area contributed by atoms with Crippen molar-refractivity contribution in [2.75, 3.05) is 14.2 Å². The molecular weight excluding hydrogens is 304 g/mol. The number of halogens is 1. The molecule has 0 bridgehead atoms. The van der Waals surface area contributed by atoms with Crippen molar-refractivity contribution in [3.05, 3.63) is 64.7 Å². The Hall–Kier alpha value is -2.04. The average molecular weight is 321 g/mol. The Morgan fingerprint density at radius 3 is 2.41 bits per heavy atom. The van der Waals surface area contributed by atoms with E-state index in [1.54, 1.807) is 24.3 Å². The lowest BCUT2D eigenvalue weighted by Gasteiger charge is -2.17. The number of hydrogen-bond acceptors (Lipinski definition) is 4. The Bertz CT molecular complexity index is 625. The van der Waals surface area contributed by atoms with Crippen LogP contribution in [0, 0.1) is 0 Å². The van der Waals surface area contributed by atoms with Crippen molar-refractivity contribution in [1.29, 1.82) is 0 Å². The predicted octanol–water partition coefficient (Wildman–Crippen LogP) is 3.78. The second-order valence-corrected chi connectivity index (χ2v) is 5.02. The fraction of sp³-hybridized carbons (Fsp3) is 0.235. The number of hydrogen-bond donors (Lipinski definition) is 0. The standard InChI is InChI=1S/C17H17ClO4/c1-20-16(17(19)21-2)15-6-4-3-5-12(15)11-22-14-9-7-13(18)8-10-14/h3-10,16H,11H2,1-2H3. The van der Waals surface area contributed by atoms with Crippen LogP contribution in [0.1, 0.15) is 17.2 Å². The summed E-state index contributed by atoms with van der Waals surface area (Å²) in [5.41, 5.74) is 1.58. The number of rotatable bonds is 6. The Labute approximate surface area is 134 Å². The highest BCUT2D eigenvalue weighted by Gasteiger charge is 2.23. The first-order valence-corrected chi connectivity index (χ1v) is 7.10. The van der Waals surface area contributed by atoms with Gasteiger partial charge >= 0.3 is 5.97 Å². The molecule has 2 rings (SSSR count). The van der Waals surface area contributed by atoms with Crippen LogP contribution in [0.4, 0.5) is 0 Å². The maximum absolute atomic E-state index is 11.8.